The van der Waals surface area contributed by atoms with Crippen molar-refractivity contribution in [3.05, 3.63) is 65.2 Å². The van der Waals surface area contributed by atoms with E-state index in [2.05, 4.69) is 16.4 Å². The number of aliphatic hydroxyl groups is 1. The number of nitrogens with zero attached hydrogens (tertiary/aromatic N) is 1. The molecule has 2 aromatic carbocycles. The third-order valence-electron chi connectivity index (χ3n) is 4.17. The molecule has 0 saturated heterocycles. The fraction of sp³-hybridized carbons (Fsp3) is 0.316. The molecule has 1 atom stereocenters. The molecule has 0 bridgehead atoms. The summed E-state index contributed by atoms with van der Waals surface area (Å²) in [4.78, 5) is 4.42. The van der Waals surface area contributed by atoms with Crippen LogP contribution in [-0.4, -0.2) is 24.2 Å². The lowest BCUT2D eigenvalue weighted by molar-refractivity contribution is 0.262. The summed E-state index contributed by atoms with van der Waals surface area (Å²) in [5.41, 5.74) is 9.26. The van der Waals surface area contributed by atoms with Gasteiger partial charge in [-0.1, -0.05) is 42.5 Å². The van der Waals surface area contributed by atoms with Crippen LogP contribution in [0.1, 0.15) is 29.2 Å². The largest absolute Gasteiger partial charge is 0.493 e. The topological polar surface area (TPSA) is 79.9 Å². The Morgan fingerprint density at radius 3 is 2.71 bits per heavy atom. The highest BCUT2D eigenvalue weighted by atomic mass is 16.5. The molecule has 4 N–H and O–H groups in total. The van der Waals surface area contributed by atoms with Crippen molar-refractivity contribution < 1.29 is 9.84 Å². The number of nitrogens with two attached hydrogens (primary N) is 1. The van der Waals surface area contributed by atoms with Gasteiger partial charge in [0.15, 0.2) is 5.96 Å². The summed E-state index contributed by atoms with van der Waals surface area (Å²) in [7, 11) is 0. The first-order valence-electron chi connectivity index (χ1n) is 8.23. The van der Waals surface area contributed by atoms with Gasteiger partial charge in [-0.15, -0.1) is 0 Å². The molecule has 3 rings (SSSR count). The van der Waals surface area contributed by atoms with Gasteiger partial charge in [0.1, 0.15) is 5.75 Å². The summed E-state index contributed by atoms with van der Waals surface area (Å²) < 4.78 is 5.65. The predicted molar refractivity (Wildman–Crippen MR) is 95.0 cm³/mol. The number of hydrogen-bond donors (Lipinski definition) is 3. The number of nitrogens with one attached hydrogen (secondary N) is 1. The summed E-state index contributed by atoms with van der Waals surface area (Å²) in [5, 5.41) is 12.3. The highest BCUT2D eigenvalue weighted by Crippen LogP contribution is 2.31. The summed E-state index contributed by atoms with van der Waals surface area (Å²) >= 11 is 0. The fourth-order valence-electron chi connectivity index (χ4n) is 2.83. The number of ether oxygens (including phenoxy) is 1. The fourth-order valence-corrected chi connectivity index (χ4v) is 2.83. The van der Waals surface area contributed by atoms with Gasteiger partial charge >= 0.3 is 0 Å². The minimum absolute atomic E-state index is 0.0713. The molecule has 24 heavy (non-hydrogen) atoms. The number of rotatable bonds is 5. The summed E-state index contributed by atoms with van der Waals surface area (Å²) in [6.07, 6.45) is 1.69. The number of fused-ring (bicyclic) bond motifs is 1. The van der Waals surface area contributed by atoms with Crippen LogP contribution < -0.4 is 15.8 Å². The normalized spacial score (nSPS) is 17.0. The first-order valence-corrected chi connectivity index (χ1v) is 8.23. The Morgan fingerprint density at radius 1 is 1.17 bits per heavy atom. The Balaban J connectivity index is 1.55. The number of guanidine groups is 1. The van der Waals surface area contributed by atoms with Gasteiger partial charge in [-0.2, -0.15) is 0 Å². The molecule has 0 saturated carbocycles. The van der Waals surface area contributed by atoms with E-state index < -0.39 is 0 Å². The monoisotopic (exact) mass is 325 g/mol. The van der Waals surface area contributed by atoms with Crippen LogP contribution in [0.2, 0.25) is 0 Å². The molecule has 1 unspecified atom stereocenters. The van der Waals surface area contributed by atoms with Crippen molar-refractivity contribution in [2.45, 2.75) is 25.5 Å². The highest BCUT2D eigenvalue weighted by molar-refractivity contribution is 5.78. The molecule has 1 aliphatic heterocycles. The van der Waals surface area contributed by atoms with Crippen molar-refractivity contribution in [2.75, 3.05) is 13.2 Å². The quantitative estimate of drug-likeness (QED) is 0.581. The Hall–Kier alpha value is -2.53. The molecule has 5 nitrogen and oxygen atoms in total. The van der Waals surface area contributed by atoms with Crippen molar-refractivity contribution in [2.24, 2.45) is 10.7 Å². The number of aliphatic hydroxyl groups excluding tert-OH is 1. The van der Waals surface area contributed by atoms with E-state index in [1.807, 2.05) is 42.5 Å². The first-order chi connectivity index (χ1) is 11.8. The van der Waals surface area contributed by atoms with Crippen molar-refractivity contribution in [1.82, 2.24) is 5.32 Å². The van der Waals surface area contributed by atoms with Crippen LogP contribution in [-0.2, 0) is 13.0 Å². The van der Waals surface area contributed by atoms with E-state index in [-0.39, 0.29) is 12.6 Å². The molecule has 0 aliphatic carbocycles. The first kappa shape index (κ1) is 16.3. The summed E-state index contributed by atoms with van der Waals surface area (Å²) in [5.74, 6) is 1.38. The van der Waals surface area contributed by atoms with Crippen LogP contribution in [0.3, 0.4) is 0 Å². The van der Waals surface area contributed by atoms with E-state index in [0.717, 1.165) is 29.7 Å². The lowest BCUT2D eigenvalue weighted by Crippen LogP contribution is -2.37. The van der Waals surface area contributed by atoms with Crippen LogP contribution in [0.4, 0.5) is 0 Å². The van der Waals surface area contributed by atoms with Crippen molar-refractivity contribution in [1.29, 1.82) is 0 Å². The number of para-hydroxylation sites is 1. The van der Waals surface area contributed by atoms with E-state index in [0.29, 0.717) is 19.1 Å². The third-order valence-corrected chi connectivity index (χ3v) is 4.17. The number of aliphatic imine (C=N–C) groups is 1. The second kappa shape index (κ2) is 7.84. The molecular weight excluding hydrogens is 302 g/mol. The van der Waals surface area contributed by atoms with Gasteiger partial charge < -0.3 is 20.9 Å². The van der Waals surface area contributed by atoms with E-state index in [1.54, 1.807) is 0 Å². The molecule has 0 spiro atoms. The Morgan fingerprint density at radius 2 is 1.92 bits per heavy atom. The van der Waals surface area contributed by atoms with Crippen LogP contribution >= 0.6 is 0 Å². The number of benzene rings is 2. The van der Waals surface area contributed by atoms with Gasteiger partial charge in [0, 0.05) is 18.5 Å². The SMILES string of the molecule is NC(=NCCc1ccc(CO)cc1)NC1CCOc2ccccc21. The molecule has 0 amide bonds. The average Bonchev–Trinajstić information content (AvgIpc) is 2.63. The van der Waals surface area contributed by atoms with Crippen LogP contribution in [0.15, 0.2) is 53.5 Å². The maximum Gasteiger partial charge on any atom is 0.189 e. The van der Waals surface area contributed by atoms with Crippen LogP contribution in [0, 0.1) is 0 Å². The summed E-state index contributed by atoms with van der Waals surface area (Å²) in [6.45, 7) is 1.38. The van der Waals surface area contributed by atoms with Crippen molar-refractivity contribution >= 4 is 5.96 Å². The Kier molecular flexibility index (Phi) is 5.33. The molecule has 1 heterocycles. The Bertz CT molecular complexity index is 698. The highest BCUT2D eigenvalue weighted by Gasteiger charge is 2.21. The number of hydrogen-bond acceptors (Lipinski definition) is 3. The van der Waals surface area contributed by atoms with Crippen LogP contribution in [0.5, 0.6) is 5.75 Å². The van der Waals surface area contributed by atoms with Gasteiger partial charge in [0.05, 0.1) is 19.3 Å². The van der Waals surface area contributed by atoms with Gasteiger partial charge in [0.25, 0.3) is 0 Å². The lowest BCUT2D eigenvalue weighted by atomic mass is 10.0. The maximum atomic E-state index is 9.05. The van der Waals surface area contributed by atoms with Crippen LogP contribution in [0.25, 0.3) is 0 Å². The Labute approximate surface area is 142 Å². The smallest absolute Gasteiger partial charge is 0.189 e. The molecule has 2 aromatic rings. The zero-order valence-electron chi connectivity index (χ0n) is 13.6. The average molecular weight is 325 g/mol. The van der Waals surface area contributed by atoms with Crippen molar-refractivity contribution in [3.8, 4) is 5.75 Å². The van der Waals surface area contributed by atoms with Gasteiger partial charge in [-0.3, -0.25) is 4.99 Å². The van der Waals surface area contributed by atoms with E-state index in [4.69, 9.17) is 15.6 Å². The molecule has 0 radical (unpaired) electrons. The molecule has 1 aliphatic rings. The molecule has 0 aromatic heterocycles. The zero-order valence-corrected chi connectivity index (χ0v) is 13.6. The van der Waals surface area contributed by atoms with Gasteiger partial charge in [-0.05, 0) is 23.6 Å². The third kappa shape index (κ3) is 4.06. The van der Waals surface area contributed by atoms with Gasteiger partial charge in [-0.25, -0.2) is 0 Å². The van der Waals surface area contributed by atoms with E-state index >= 15 is 0 Å². The van der Waals surface area contributed by atoms with E-state index in [9.17, 15) is 0 Å². The molecule has 126 valence electrons. The van der Waals surface area contributed by atoms with Crippen molar-refractivity contribution in [3.63, 3.8) is 0 Å². The van der Waals surface area contributed by atoms with E-state index in [1.165, 1.54) is 5.56 Å². The zero-order chi connectivity index (χ0) is 16.8. The maximum absolute atomic E-state index is 9.05. The summed E-state index contributed by atoms with van der Waals surface area (Å²) in [6, 6.07) is 16.0. The van der Waals surface area contributed by atoms with Gasteiger partial charge in [0.2, 0.25) is 0 Å². The molecule has 0 fully saturated rings. The minimum Gasteiger partial charge on any atom is -0.493 e. The second-order valence-corrected chi connectivity index (χ2v) is 5.86. The standard InChI is InChI=1S/C19H23N3O2/c20-19(21-11-9-14-5-7-15(13-23)8-6-14)22-17-10-12-24-18-4-2-1-3-16(17)18/h1-8,17,23H,9-13H2,(H3,20,21,22). The molecule has 5 heteroatoms. The lowest BCUT2D eigenvalue weighted by Gasteiger charge is -2.26. The molecular formula is C19H23N3O2. The second-order valence-electron chi connectivity index (χ2n) is 5.86. The predicted octanol–water partition coefficient (Wildman–Crippen LogP) is 2.15. The minimum atomic E-state index is 0.0713.